The lowest BCUT2D eigenvalue weighted by Gasteiger charge is -2.26. The smallest absolute Gasteiger partial charge is 0.329 e. The molecule has 0 aromatic heterocycles. The number of benzene rings is 2. The number of ether oxygens (including phenoxy) is 2. The molecule has 0 heterocycles. The number of likely N-dealkylation sites (N-methyl/N-ethyl adjacent to an activating group) is 1. The lowest BCUT2D eigenvalue weighted by atomic mass is 10.0. The Kier molecular flexibility index (Phi) is 13.4. The van der Waals surface area contributed by atoms with Crippen LogP contribution in [0.3, 0.4) is 0 Å². The summed E-state index contributed by atoms with van der Waals surface area (Å²) in [5.74, 6) is -1.14. The van der Waals surface area contributed by atoms with Crippen LogP contribution in [0.4, 0.5) is 10.5 Å². The van der Waals surface area contributed by atoms with E-state index >= 15 is 0 Å². The number of aromatic hydroxyl groups is 1. The Morgan fingerprint density at radius 3 is 2.52 bits per heavy atom. The van der Waals surface area contributed by atoms with Crippen LogP contribution >= 0.6 is 11.6 Å². The molecule has 1 aliphatic carbocycles. The predicted molar refractivity (Wildman–Crippen MR) is 178 cm³/mol. The van der Waals surface area contributed by atoms with E-state index in [2.05, 4.69) is 10.6 Å². The number of nitrogens with one attached hydrogen (secondary N) is 2. The number of rotatable bonds is 14. The van der Waals surface area contributed by atoms with Crippen LogP contribution in [0.15, 0.2) is 72.0 Å². The maximum atomic E-state index is 13.5. The van der Waals surface area contributed by atoms with Gasteiger partial charge in [-0.05, 0) is 82.3 Å². The van der Waals surface area contributed by atoms with Gasteiger partial charge < -0.3 is 25.2 Å². The number of aldehydes is 1. The number of halogens is 1. The van der Waals surface area contributed by atoms with Crippen molar-refractivity contribution in [1.82, 2.24) is 15.5 Å². The molecule has 2 aromatic rings. The fourth-order valence-corrected chi connectivity index (χ4v) is 4.93. The first-order valence-electron chi connectivity index (χ1n) is 14.9. The van der Waals surface area contributed by atoms with Gasteiger partial charge in [0.2, 0.25) is 0 Å². The Balaban J connectivity index is 1.72. The second-order valence-electron chi connectivity index (χ2n) is 10.9. The van der Waals surface area contributed by atoms with Crippen molar-refractivity contribution >= 4 is 41.5 Å². The van der Waals surface area contributed by atoms with Gasteiger partial charge in [-0.2, -0.15) is 0 Å². The molecular weight excluding hydrogens is 612 g/mol. The Labute approximate surface area is 274 Å². The minimum Gasteiger partial charge on any atom is -0.507 e. The molecule has 12 heteroatoms. The summed E-state index contributed by atoms with van der Waals surface area (Å²) in [6.07, 6.45) is 8.81. The molecule has 0 bridgehead atoms. The van der Waals surface area contributed by atoms with Gasteiger partial charge in [-0.3, -0.25) is 19.4 Å². The quantitative estimate of drug-likeness (QED) is 0.143. The van der Waals surface area contributed by atoms with E-state index in [1.807, 2.05) is 19.2 Å². The van der Waals surface area contributed by atoms with Gasteiger partial charge in [0.15, 0.2) is 6.29 Å². The molecule has 0 radical (unpaired) electrons. The number of carbonyl (C=O) groups is 4. The van der Waals surface area contributed by atoms with Crippen molar-refractivity contribution < 1.29 is 33.8 Å². The van der Waals surface area contributed by atoms with Gasteiger partial charge in [-0.15, -0.1) is 0 Å². The normalized spacial score (nSPS) is 13.2. The van der Waals surface area contributed by atoms with Crippen LogP contribution in [0.2, 0.25) is 5.02 Å². The van der Waals surface area contributed by atoms with Crippen molar-refractivity contribution in [2.45, 2.75) is 45.3 Å². The van der Waals surface area contributed by atoms with Crippen LogP contribution in [0, 0.1) is 0 Å². The molecule has 46 heavy (non-hydrogen) atoms. The summed E-state index contributed by atoms with van der Waals surface area (Å²) in [5.41, 5.74) is 1.90. The highest BCUT2D eigenvalue weighted by atomic mass is 35.5. The van der Waals surface area contributed by atoms with Crippen molar-refractivity contribution in [3.05, 3.63) is 88.1 Å². The number of allylic oxidation sites excluding steroid dienone is 4. The lowest BCUT2D eigenvalue weighted by molar-refractivity contribution is -0.149. The first-order valence-corrected chi connectivity index (χ1v) is 15.3. The zero-order chi connectivity index (χ0) is 33.8. The van der Waals surface area contributed by atoms with Crippen molar-refractivity contribution in [2.24, 2.45) is 0 Å². The van der Waals surface area contributed by atoms with E-state index in [0.29, 0.717) is 47.6 Å². The third-order valence-electron chi connectivity index (χ3n) is 7.06. The maximum absolute atomic E-state index is 13.5. The van der Waals surface area contributed by atoms with Crippen molar-refractivity contribution in [1.29, 1.82) is 0 Å². The van der Waals surface area contributed by atoms with Gasteiger partial charge in [-0.1, -0.05) is 35.9 Å². The number of esters is 1. The highest BCUT2D eigenvalue weighted by molar-refractivity contribution is 6.34. The molecule has 3 rings (SSSR count). The number of nitrogens with zero attached hydrogens (tertiary/aromatic N) is 2. The molecule has 0 fully saturated rings. The highest BCUT2D eigenvalue weighted by Crippen LogP contribution is 2.27. The number of phenols is 1. The number of phenolic OH excluding ortho intramolecular Hbond substituents is 1. The van der Waals surface area contributed by atoms with Crippen molar-refractivity contribution in [3.8, 4) is 11.5 Å². The molecule has 0 spiro atoms. The summed E-state index contributed by atoms with van der Waals surface area (Å²) >= 11 is 6.14. The molecule has 0 saturated heterocycles. The minimum absolute atomic E-state index is 0.0401. The van der Waals surface area contributed by atoms with E-state index in [9.17, 15) is 24.3 Å². The maximum Gasteiger partial charge on any atom is 0.329 e. The van der Waals surface area contributed by atoms with E-state index < -0.39 is 24.0 Å². The fourth-order valence-electron chi connectivity index (χ4n) is 4.67. The molecule has 0 saturated carbocycles. The van der Waals surface area contributed by atoms with Crippen LogP contribution < -0.4 is 20.3 Å². The van der Waals surface area contributed by atoms with Gasteiger partial charge >= 0.3 is 12.0 Å². The molecule has 3 amide bonds. The molecule has 1 atom stereocenters. The Hall–Kier alpha value is -4.61. The molecule has 0 aliphatic heterocycles. The first kappa shape index (κ1) is 35.9. The van der Waals surface area contributed by atoms with Crippen molar-refractivity contribution in [3.63, 3.8) is 0 Å². The van der Waals surface area contributed by atoms with Crippen molar-refractivity contribution in [2.75, 3.05) is 39.2 Å². The SMILES string of the molecule is CNCCCOc1ccc(N(C)C(=O)N(C)C2=CCC=C(CC(NC(=O)c3c(O)cccc3Cl)C(=O)OC(C)C)C=C2)c(C=O)c1. The van der Waals surface area contributed by atoms with Crippen LogP contribution in [0.25, 0.3) is 0 Å². The summed E-state index contributed by atoms with van der Waals surface area (Å²) in [5, 5.41) is 15.9. The first-order chi connectivity index (χ1) is 22.0. The van der Waals surface area contributed by atoms with E-state index in [1.54, 1.807) is 58.3 Å². The number of hydrogen-bond donors (Lipinski definition) is 3. The van der Waals surface area contributed by atoms with E-state index in [-0.39, 0.29) is 28.8 Å². The molecule has 2 aromatic carbocycles. The number of carbonyl (C=O) groups excluding carboxylic acids is 4. The zero-order valence-electron chi connectivity index (χ0n) is 26.7. The molecule has 1 aliphatic rings. The molecule has 11 nitrogen and oxygen atoms in total. The third-order valence-corrected chi connectivity index (χ3v) is 7.38. The Morgan fingerprint density at radius 1 is 1.09 bits per heavy atom. The van der Waals surface area contributed by atoms with Gasteiger partial charge in [0.05, 0.1) is 29.0 Å². The number of hydrogen-bond acceptors (Lipinski definition) is 8. The summed E-state index contributed by atoms with van der Waals surface area (Å²) in [4.78, 5) is 54.2. The summed E-state index contributed by atoms with van der Waals surface area (Å²) < 4.78 is 11.1. The lowest BCUT2D eigenvalue weighted by Crippen LogP contribution is -2.43. The summed E-state index contributed by atoms with van der Waals surface area (Å²) in [6, 6.07) is 7.85. The second kappa shape index (κ2) is 17.2. The predicted octanol–water partition coefficient (Wildman–Crippen LogP) is 5.24. The fraction of sp³-hybridized carbons (Fsp3) is 0.353. The monoisotopic (exact) mass is 652 g/mol. The summed E-state index contributed by atoms with van der Waals surface area (Å²) in [6.45, 7) is 4.70. The standard InChI is InChI=1S/C34H41ClN4O7/c1-22(2)46-33(43)28(37-32(42)31-27(35)11-7-12-30(31)41)19-23-9-6-10-25(14-13-23)38(4)34(44)39(5)29-16-15-26(20-24(29)21-40)45-18-8-17-36-3/h7,9-16,20-22,28,36,41H,6,8,17-19H2,1-5H3,(H,37,42). The van der Waals surface area contributed by atoms with E-state index in [1.165, 1.54) is 28.0 Å². The van der Waals surface area contributed by atoms with Gasteiger partial charge in [0.25, 0.3) is 5.91 Å². The number of amides is 3. The third kappa shape index (κ3) is 9.69. The molecule has 246 valence electrons. The number of urea groups is 1. The van der Waals surface area contributed by atoms with Gasteiger partial charge in [0, 0.05) is 31.8 Å². The Bertz CT molecular complexity index is 1500. The summed E-state index contributed by atoms with van der Waals surface area (Å²) in [7, 11) is 5.07. The highest BCUT2D eigenvalue weighted by Gasteiger charge is 2.27. The topological polar surface area (TPSA) is 138 Å². The van der Waals surface area contributed by atoms with Gasteiger partial charge in [0.1, 0.15) is 17.5 Å². The van der Waals surface area contributed by atoms with Crippen LogP contribution in [-0.4, -0.2) is 80.6 Å². The number of anilines is 1. The Morgan fingerprint density at radius 2 is 1.85 bits per heavy atom. The van der Waals surface area contributed by atoms with Crippen LogP contribution in [0.1, 0.15) is 53.8 Å². The van der Waals surface area contributed by atoms with E-state index in [0.717, 1.165) is 13.0 Å². The minimum atomic E-state index is -1.08. The van der Waals surface area contributed by atoms with Crippen LogP contribution in [0.5, 0.6) is 11.5 Å². The largest absolute Gasteiger partial charge is 0.507 e. The zero-order valence-corrected chi connectivity index (χ0v) is 27.5. The molecule has 1 unspecified atom stereocenters. The van der Waals surface area contributed by atoms with Gasteiger partial charge in [-0.25, -0.2) is 9.59 Å². The molecular formula is C34H41ClN4O7. The average molecular weight is 653 g/mol. The average Bonchev–Trinajstić information content (AvgIpc) is 3.26. The van der Waals surface area contributed by atoms with Crippen LogP contribution in [-0.2, 0) is 9.53 Å². The molecule has 3 N–H and O–H groups in total. The second-order valence-corrected chi connectivity index (χ2v) is 11.3. The van der Waals surface area contributed by atoms with E-state index in [4.69, 9.17) is 21.1 Å².